The zero-order valence-corrected chi connectivity index (χ0v) is 18.8. The van der Waals surface area contributed by atoms with Gasteiger partial charge in [0.25, 0.3) is 0 Å². The molecule has 0 spiro atoms. The summed E-state index contributed by atoms with van der Waals surface area (Å²) in [6.07, 6.45) is 0. The lowest BCUT2D eigenvalue weighted by Gasteiger charge is -1.92. The van der Waals surface area contributed by atoms with Crippen LogP contribution in [0.15, 0.2) is 140 Å². The maximum atomic E-state index is 2.12. The molecule has 0 nitrogen and oxygen atoms in total. The third-order valence-electron chi connectivity index (χ3n) is 4.48. The fourth-order valence-corrected chi connectivity index (χ4v) is 2.69. The summed E-state index contributed by atoms with van der Waals surface area (Å²) in [6, 6.07) is 47.5. The van der Waals surface area contributed by atoms with E-state index in [1.165, 1.54) is 27.5 Å². The number of fused-ring (bicyclic) bond motifs is 1. The van der Waals surface area contributed by atoms with E-state index in [0.717, 1.165) is 0 Å². The molecule has 0 bridgehead atoms. The summed E-state index contributed by atoms with van der Waals surface area (Å²) < 4.78 is 0. The molecule has 0 saturated heterocycles. The lowest BCUT2D eigenvalue weighted by Crippen LogP contribution is -1.70. The zero-order valence-electron chi connectivity index (χ0n) is 18.8. The van der Waals surface area contributed by atoms with Gasteiger partial charge in [0.15, 0.2) is 0 Å². The predicted octanol–water partition coefficient (Wildman–Crippen LogP) is 11.4. The Morgan fingerprint density at radius 1 is 0.257 bits per heavy atom. The predicted molar refractivity (Wildman–Crippen MR) is 164 cm³/mol. The summed E-state index contributed by atoms with van der Waals surface area (Å²) in [5, 5.41) is 2.62. The van der Waals surface area contributed by atoms with Crippen LogP contribution in [0, 0.1) is 20.8 Å². The van der Waals surface area contributed by atoms with Crippen molar-refractivity contribution in [3.8, 4) is 0 Å². The van der Waals surface area contributed by atoms with E-state index in [1.54, 1.807) is 0 Å². The number of hydrogen-bond acceptors (Lipinski definition) is 0. The summed E-state index contributed by atoms with van der Waals surface area (Å²) in [5.74, 6) is 0. The number of rotatable bonds is 0. The van der Waals surface area contributed by atoms with E-state index < -0.39 is 0 Å². The summed E-state index contributed by atoms with van der Waals surface area (Å²) in [7, 11) is 0. The highest BCUT2D eigenvalue weighted by atomic mass is 13.9. The van der Waals surface area contributed by atoms with Crippen LogP contribution in [0.25, 0.3) is 10.8 Å². The van der Waals surface area contributed by atoms with Gasteiger partial charge in [0.2, 0.25) is 0 Å². The molecule has 0 amide bonds. The van der Waals surface area contributed by atoms with Crippen molar-refractivity contribution >= 4 is 10.8 Å². The number of hydrogen-bond donors (Lipinski definition) is 0. The fourth-order valence-electron chi connectivity index (χ4n) is 2.69. The van der Waals surface area contributed by atoms with Gasteiger partial charge >= 0.3 is 0 Å². The van der Waals surface area contributed by atoms with Crippen molar-refractivity contribution in [2.75, 3.05) is 0 Å². The molecule has 5 rings (SSSR count). The van der Waals surface area contributed by atoms with Crippen LogP contribution in [0.1, 0.15) is 46.4 Å². The Bertz CT molecular complexity index is 966. The second-order valence-electron chi connectivity index (χ2n) is 7.31. The van der Waals surface area contributed by atoms with Gasteiger partial charge in [0, 0.05) is 0 Å². The van der Waals surface area contributed by atoms with Crippen LogP contribution in [-0.2, 0) is 0 Å². The number of aryl methyl sites for hydroxylation is 3. The minimum absolute atomic E-state index is 0. The van der Waals surface area contributed by atoms with Gasteiger partial charge in [-0.3, -0.25) is 0 Å². The topological polar surface area (TPSA) is 0 Å². The van der Waals surface area contributed by atoms with Crippen molar-refractivity contribution in [1.29, 1.82) is 0 Å². The Morgan fingerprint density at radius 3 is 0.686 bits per heavy atom. The van der Waals surface area contributed by atoms with Crippen molar-refractivity contribution in [2.24, 2.45) is 0 Å². The van der Waals surface area contributed by atoms with E-state index in [1.807, 2.05) is 54.6 Å². The fraction of sp³-hybridized carbons (Fsp3) is 0.200. The third-order valence-corrected chi connectivity index (χ3v) is 4.48. The maximum absolute atomic E-state index is 2.12. The van der Waals surface area contributed by atoms with E-state index in [-0.39, 0.29) is 29.7 Å². The molecular formula is C35H48. The molecule has 0 fully saturated rings. The Kier molecular flexibility index (Phi) is 22.8. The molecule has 5 aromatic rings. The van der Waals surface area contributed by atoms with Gasteiger partial charge in [-0.25, -0.2) is 0 Å². The van der Waals surface area contributed by atoms with Crippen LogP contribution >= 0.6 is 0 Å². The van der Waals surface area contributed by atoms with Gasteiger partial charge in [0.1, 0.15) is 0 Å². The highest BCUT2D eigenvalue weighted by Gasteiger charge is 1.85. The first-order valence-corrected chi connectivity index (χ1v) is 10.6. The lowest BCUT2D eigenvalue weighted by atomic mass is 10.1. The van der Waals surface area contributed by atoms with Gasteiger partial charge in [0.05, 0.1) is 0 Å². The standard InChI is InChI=1S/C10H8.C8H10.C7H8.C6H6.4CH4/c1-2-6-10-8-4-3-7-9(10)5-1;1-7-3-5-8(2)6-4-7;1-7-5-3-2-4-6-7;1-2-4-6-5-3-1;;;;/h1-8H;3-6H,1-2H3;2-6H,1H3;1-6H;4*1H4. The second kappa shape index (κ2) is 22.2. The first-order valence-electron chi connectivity index (χ1n) is 10.6. The normalized spacial score (nSPS) is 8.09. The molecule has 0 N–H and O–H groups in total. The van der Waals surface area contributed by atoms with Crippen molar-refractivity contribution in [3.05, 3.63) is 156 Å². The molecule has 0 aliphatic heterocycles. The van der Waals surface area contributed by atoms with Gasteiger partial charge in [-0.2, -0.15) is 0 Å². The Labute approximate surface area is 217 Å². The van der Waals surface area contributed by atoms with E-state index >= 15 is 0 Å². The Balaban J connectivity index is -0.000000382. The van der Waals surface area contributed by atoms with E-state index in [0.29, 0.717) is 0 Å². The SMILES string of the molecule is C.C.C.C.Cc1ccc(C)cc1.Cc1ccccc1.c1ccc2ccccc2c1.c1ccccc1. The molecule has 5 aromatic carbocycles. The van der Waals surface area contributed by atoms with Crippen LogP contribution in [0.2, 0.25) is 0 Å². The van der Waals surface area contributed by atoms with Gasteiger partial charge in [-0.1, -0.05) is 186 Å². The molecule has 0 unspecified atom stereocenters. The summed E-state index contributed by atoms with van der Waals surface area (Å²) in [4.78, 5) is 0. The van der Waals surface area contributed by atoms with Crippen LogP contribution in [0.5, 0.6) is 0 Å². The van der Waals surface area contributed by atoms with E-state index in [4.69, 9.17) is 0 Å². The molecule has 0 atom stereocenters. The largest absolute Gasteiger partial charge is 0.0776 e. The third kappa shape index (κ3) is 16.6. The molecule has 0 saturated carbocycles. The van der Waals surface area contributed by atoms with Crippen molar-refractivity contribution in [3.63, 3.8) is 0 Å². The highest BCUT2D eigenvalue weighted by Crippen LogP contribution is 2.11. The van der Waals surface area contributed by atoms with Crippen LogP contribution in [0.3, 0.4) is 0 Å². The first kappa shape index (κ1) is 35.9. The molecule has 0 radical (unpaired) electrons. The molecule has 0 aliphatic carbocycles. The molecular weight excluding hydrogens is 420 g/mol. The van der Waals surface area contributed by atoms with E-state index in [9.17, 15) is 0 Å². The molecule has 0 heteroatoms. The summed E-state index contributed by atoms with van der Waals surface area (Å²) >= 11 is 0. The van der Waals surface area contributed by atoms with Crippen molar-refractivity contribution in [1.82, 2.24) is 0 Å². The molecule has 0 heterocycles. The van der Waals surface area contributed by atoms with Crippen molar-refractivity contribution < 1.29 is 0 Å². The average Bonchev–Trinajstić information content (AvgIpc) is 2.84. The van der Waals surface area contributed by atoms with Gasteiger partial charge < -0.3 is 0 Å². The quantitative estimate of drug-likeness (QED) is 0.212. The van der Waals surface area contributed by atoms with Crippen LogP contribution in [0.4, 0.5) is 0 Å². The molecule has 0 aromatic heterocycles. The second-order valence-corrected chi connectivity index (χ2v) is 7.31. The summed E-state index contributed by atoms with van der Waals surface area (Å²) in [5.41, 5.74) is 3.98. The molecule has 35 heavy (non-hydrogen) atoms. The van der Waals surface area contributed by atoms with E-state index in [2.05, 4.69) is 106 Å². The monoisotopic (exact) mass is 468 g/mol. The minimum atomic E-state index is 0. The highest BCUT2D eigenvalue weighted by molar-refractivity contribution is 5.82. The van der Waals surface area contributed by atoms with Crippen molar-refractivity contribution in [2.45, 2.75) is 50.5 Å². The van der Waals surface area contributed by atoms with Gasteiger partial charge in [-0.15, -0.1) is 0 Å². The Morgan fingerprint density at radius 2 is 0.457 bits per heavy atom. The molecule has 188 valence electrons. The number of benzene rings is 5. The zero-order chi connectivity index (χ0) is 22.2. The lowest BCUT2D eigenvalue weighted by molar-refractivity contribution is 1.40. The average molecular weight is 469 g/mol. The van der Waals surface area contributed by atoms with Crippen LogP contribution in [-0.4, -0.2) is 0 Å². The maximum Gasteiger partial charge on any atom is -0.0184 e. The Hall–Kier alpha value is -3.64. The van der Waals surface area contributed by atoms with Gasteiger partial charge in [-0.05, 0) is 31.5 Å². The summed E-state index contributed by atoms with van der Waals surface area (Å²) in [6.45, 7) is 6.28. The van der Waals surface area contributed by atoms with Crippen LogP contribution < -0.4 is 0 Å². The minimum Gasteiger partial charge on any atom is -0.0776 e. The smallest absolute Gasteiger partial charge is 0.0184 e. The first-order chi connectivity index (χ1) is 15.1. The molecule has 0 aliphatic rings.